The van der Waals surface area contributed by atoms with Crippen molar-refractivity contribution in [3.8, 4) is 22.8 Å². The van der Waals surface area contributed by atoms with Crippen LogP contribution in [0.1, 0.15) is 0 Å². The molecule has 2 aromatic heterocycles. The molecule has 0 bridgehead atoms. The maximum atomic E-state index is 4.80. The molecule has 0 radical (unpaired) electrons. The minimum absolute atomic E-state index is 0.0723. The van der Waals surface area contributed by atoms with Crippen LogP contribution in [0.5, 0.6) is 0 Å². The molecule has 0 atom stereocenters. The molecule has 0 unspecified atom stereocenters. The van der Waals surface area contributed by atoms with Crippen molar-refractivity contribution in [1.82, 2.24) is 28.9 Å². The van der Waals surface area contributed by atoms with E-state index >= 15 is 0 Å². The van der Waals surface area contributed by atoms with Gasteiger partial charge in [-0.25, -0.2) is 9.97 Å². The van der Waals surface area contributed by atoms with Gasteiger partial charge in [-0.3, -0.25) is 0 Å². The summed E-state index contributed by atoms with van der Waals surface area (Å²) in [6.07, 6.45) is 16.6. The SMILES string of the molecule is CN1C=CN(c2ccc3c(c2)B2c4cc(-c5nccn5C)ccc4Sc4c5c6c(c(c42)S3)Sc2ccc(N3C=CN(C)C3)cc2B6c2cc(-c3nccn3C)ccc2S5)C1. The molecule has 0 spiro atoms. The van der Waals surface area contributed by atoms with Gasteiger partial charge in [0.1, 0.15) is 11.6 Å². The number of anilines is 2. The summed E-state index contributed by atoms with van der Waals surface area (Å²) in [5, 5.41) is 0. The Morgan fingerprint density at radius 3 is 1.20 bits per heavy atom. The Labute approximate surface area is 366 Å². The Bertz CT molecular complexity index is 2860. The largest absolute Gasteiger partial charge is 0.361 e. The van der Waals surface area contributed by atoms with Gasteiger partial charge in [-0.05, 0) is 59.5 Å². The molecule has 8 nitrogen and oxygen atoms in total. The van der Waals surface area contributed by atoms with Gasteiger partial charge in [0.25, 0.3) is 0 Å². The molecule has 0 amide bonds. The van der Waals surface area contributed by atoms with Crippen molar-refractivity contribution in [2.45, 2.75) is 39.2 Å². The molecule has 8 heterocycles. The van der Waals surface area contributed by atoms with E-state index in [2.05, 4.69) is 155 Å². The van der Waals surface area contributed by atoms with Crippen LogP contribution in [0, 0.1) is 0 Å². The quantitative estimate of drug-likeness (QED) is 0.205. The summed E-state index contributed by atoms with van der Waals surface area (Å²) in [4.78, 5) is 29.7. The third kappa shape index (κ3) is 5.20. The third-order valence-electron chi connectivity index (χ3n) is 12.6. The average Bonchev–Trinajstić information content (AvgIpc) is 4.10. The molecule has 0 aliphatic carbocycles. The van der Waals surface area contributed by atoms with Crippen LogP contribution in [0.2, 0.25) is 0 Å². The Morgan fingerprint density at radius 2 is 0.850 bits per heavy atom. The molecule has 14 heteroatoms. The highest BCUT2D eigenvalue weighted by Gasteiger charge is 2.47. The average molecular weight is 851 g/mol. The monoisotopic (exact) mass is 850 g/mol. The van der Waals surface area contributed by atoms with E-state index in [1.165, 1.54) is 83.3 Å². The van der Waals surface area contributed by atoms with E-state index in [4.69, 9.17) is 9.97 Å². The van der Waals surface area contributed by atoms with Crippen molar-refractivity contribution in [3.05, 3.63) is 122 Å². The van der Waals surface area contributed by atoms with Crippen LogP contribution in [0.4, 0.5) is 11.4 Å². The highest BCUT2D eigenvalue weighted by atomic mass is 32.2. The number of imidazole rings is 2. The van der Waals surface area contributed by atoms with Gasteiger partial charge in [0.15, 0.2) is 0 Å². The van der Waals surface area contributed by atoms with E-state index in [0.717, 1.165) is 36.1 Å². The first-order valence-corrected chi connectivity index (χ1v) is 23.4. The van der Waals surface area contributed by atoms with Crippen LogP contribution in [0.25, 0.3) is 22.8 Å². The van der Waals surface area contributed by atoms with Gasteiger partial charge in [0.2, 0.25) is 13.4 Å². The van der Waals surface area contributed by atoms with E-state index < -0.39 is 0 Å². The summed E-state index contributed by atoms with van der Waals surface area (Å²) in [5.41, 5.74) is 13.2. The van der Waals surface area contributed by atoms with Gasteiger partial charge in [-0.2, -0.15) is 0 Å². The molecule has 5 aromatic carbocycles. The van der Waals surface area contributed by atoms with Crippen molar-refractivity contribution in [2.75, 3.05) is 37.2 Å². The van der Waals surface area contributed by atoms with E-state index in [9.17, 15) is 0 Å². The predicted octanol–water partition coefficient (Wildman–Crippen LogP) is 5.74. The number of hydrogen-bond acceptors (Lipinski definition) is 10. The number of fused-ring (bicyclic) bond motifs is 10. The van der Waals surface area contributed by atoms with E-state index in [-0.39, 0.29) is 13.4 Å². The minimum atomic E-state index is 0.0723. The zero-order valence-electron chi connectivity index (χ0n) is 33.3. The first-order valence-electron chi connectivity index (χ1n) is 20.1. The van der Waals surface area contributed by atoms with Crippen molar-refractivity contribution < 1.29 is 0 Å². The molecule has 6 aliphatic rings. The number of aryl methyl sites for hydroxylation is 2. The van der Waals surface area contributed by atoms with Crippen LogP contribution in [0.15, 0.2) is 162 Å². The summed E-state index contributed by atoms with van der Waals surface area (Å²) in [5.74, 6) is 1.97. The zero-order valence-corrected chi connectivity index (χ0v) is 36.6. The Morgan fingerprint density at radius 1 is 0.467 bits per heavy atom. The molecular weight excluding hydrogens is 814 g/mol. The molecule has 7 aromatic rings. The van der Waals surface area contributed by atoms with Gasteiger partial charge in [-0.15, -0.1) is 0 Å². The molecule has 60 heavy (non-hydrogen) atoms. The van der Waals surface area contributed by atoms with Gasteiger partial charge in [0, 0.05) is 139 Å². The Hall–Kier alpha value is -5.27. The molecule has 0 N–H and O–H groups in total. The maximum Gasteiger partial charge on any atom is 0.247 e. The molecule has 0 fully saturated rings. The number of benzene rings is 5. The fraction of sp³-hybridized carbons (Fsp3) is 0.130. The standard InChI is InChI=1S/C46H36B2N8S4/c1-51-17-19-55(25-51)29-7-11-37-33(23-29)47-31-21-27(45-49-13-15-53(45)3)5-9-35(31)57-41-39(47)43(59-37)44-40-42(41)58-36-10-6-28(46-50-14-16-54(46)4)22-32(36)48(40)34-24-30(8-12-38(34)60-44)56-20-18-52(2)26-56/h5-24H,25-26H2,1-4H3. The highest BCUT2D eigenvalue weighted by Crippen LogP contribution is 2.51. The van der Waals surface area contributed by atoms with Crippen molar-refractivity contribution in [2.24, 2.45) is 14.1 Å². The third-order valence-corrected chi connectivity index (χ3v) is 17.8. The van der Waals surface area contributed by atoms with E-state index in [1.807, 2.05) is 71.8 Å². The van der Waals surface area contributed by atoms with E-state index in [0.29, 0.717) is 0 Å². The second-order valence-corrected chi connectivity index (χ2v) is 20.6. The van der Waals surface area contributed by atoms with Gasteiger partial charge >= 0.3 is 0 Å². The van der Waals surface area contributed by atoms with Crippen LogP contribution >= 0.6 is 47.0 Å². The zero-order chi connectivity index (χ0) is 40.0. The number of aromatic nitrogens is 4. The molecule has 0 saturated carbocycles. The Kier molecular flexibility index (Phi) is 7.76. The number of nitrogens with zero attached hydrogens (tertiary/aromatic N) is 8. The van der Waals surface area contributed by atoms with Gasteiger partial charge < -0.3 is 28.7 Å². The Balaban J connectivity index is 1.06. The first-order chi connectivity index (χ1) is 29.3. The lowest BCUT2D eigenvalue weighted by Gasteiger charge is -2.41. The summed E-state index contributed by atoms with van der Waals surface area (Å²) in [6, 6.07) is 28.5. The summed E-state index contributed by atoms with van der Waals surface area (Å²) < 4.78 is 4.25. The first kappa shape index (κ1) is 35.5. The van der Waals surface area contributed by atoms with Gasteiger partial charge in [0.05, 0.1) is 13.3 Å². The van der Waals surface area contributed by atoms with Gasteiger partial charge in [-0.1, -0.05) is 93.2 Å². The second-order valence-electron chi connectivity index (χ2n) is 16.4. The minimum Gasteiger partial charge on any atom is -0.361 e. The van der Waals surface area contributed by atoms with Crippen LogP contribution in [0.3, 0.4) is 0 Å². The summed E-state index contributed by atoms with van der Waals surface area (Å²) in [7, 11) is 8.45. The van der Waals surface area contributed by atoms with E-state index in [1.54, 1.807) is 0 Å². The smallest absolute Gasteiger partial charge is 0.247 e. The fourth-order valence-corrected chi connectivity index (χ4v) is 15.1. The lowest BCUT2D eigenvalue weighted by molar-refractivity contribution is 0.496. The fourth-order valence-electron chi connectivity index (χ4n) is 9.78. The van der Waals surface area contributed by atoms with Crippen molar-refractivity contribution >= 4 is 105 Å². The maximum absolute atomic E-state index is 4.80. The normalized spacial score (nSPS) is 16.3. The second kappa shape index (κ2) is 13.1. The van der Waals surface area contributed by atoms with Crippen molar-refractivity contribution in [3.63, 3.8) is 0 Å². The number of hydrogen-bond donors (Lipinski definition) is 0. The topological polar surface area (TPSA) is 48.6 Å². The molecular formula is C46H36B2N8S4. The molecule has 6 aliphatic heterocycles. The number of rotatable bonds is 4. The summed E-state index contributed by atoms with van der Waals surface area (Å²) in [6.45, 7) is 1.83. The molecule has 290 valence electrons. The van der Waals surface area contributed by atoms with Crippen LogP contribution in [-0.4, -0.2) is 69.8 Å². The van der Waals surface area contributed by atoms with Crippen LogP contribution < -0.4 is 42.6 Å². The highest BCUT2D eigenvalue weighted by molar-refractivity contribution is 8.05. The lowest BCUT2D eigenvalue weighted by Crippen LogP contribution is -2.62. The lowest BCUT2D eigenvalue weighted by atomic mass is 9.34. The van der Waals surface area contributed by atoms with Crippen LogP contribution in [-0.2, 0) is 14.1 Å². The molecule has 13 rings (SSSR count). The predicted molar refractivity (Wildman–Crippen MR) is 251 cm³/mol. The van der Waals surface area contributed by atoms with Crippen molar-refractivity contribution in [1.29, 1.82) is 0 Å². The molecule has 0 saturated heterocycles. The summed E-state index contributed by atoms with van der Waals surface area (Å²) >= 11 is 7.90.